The number of rotatable bonds is 3. The van der Waals surface area contributed by atoms with Crippen molar-refractivity contribution in [2.45, 2.75) is 20.3 Å². The Morgan fingerprint density at radius 1 is 1.39 bits per heavy atom. The molecule has 0 atom stereocenters. The molecule has 1 heterocycles. The number of aryl methyl sites for hydroxylation is 2. The predicted octanol–water partition coefficient (Wildman–Crippen LogP) is 3.60. The molecule has 0 aliphatic rings. The Labute approximate surface area is 115 Å². The highest BCUT2D eigenvalue weighted by Crippen LogP contribution is 2.17. The summed E-state index contributed by atoms with van der Waals surface area (Å²) >= 11 is 6.51. The number of carbonyl (C=O) groups is 1. The first kappa shape index (κ1) is 13.0. The van der Waals surface area contributed by atoms with E-state index in [1.54, 1.807) is 0 Å². The van der Waals surface area contributed by atoms with E-state index in [0.717, 1.165) is 21.8 Å². The Kier molecular flexibility index (Phi) is 3.93. The maximum Gasteiger partial charge on any atom is 0.229 e. The van der Waals surface area contributed by atoms with Crippen LogP contribution in [0.5, 0.6) is 0 Å². The molecule has 0 saturated carbocycles. The second-order valence-electron chi connectivity index (χ2n) is 4.10. The lowest BCUT2D eigenvalue weighted by molar-refractivity contribution is -0.115. The number of hydrogen-bond acceptors (Lipinski definition) is 3. The van der Waals surface area contributed by atoms with E-state index in [-0.39, 0.29) is 5.91 Å². The minimum absolute atomic E-state index is 0.0161. The number of anilines is 1. The third-order valence-electron chi connectivity index (χ3n) is 2.66. The molecular formula is C13H14N2OS2. The van der Waals surface area contributed by atoms with E-state index in [4.69, 9.17) is 12.2 Å². The van der Waals surface area contributed by atoms with Gasteiger partial charge in [0, 0.05) is 16.3 Å². The number of aromatic amines is 1. The van der Waals surface area contributed by atoms with Crippen molar-refractivity contribution in [3.05, 3.63) is 44.4 Å². The highest BCUT2D eigenvalue weighted by molar-refractivity contribution is 7.73. The Morgan fingerprint density at radius 2 is 2.11 bits per heavy atom. The topological polar surface area (TPSA) is 44.9 Å². The van der Waals surface area contributed by atoms with Crippen molar-refractivity contribution in [3.63, 3.8) is 0 Å². The van der Waals surface area contributed by atoms with E-state index >= 15 is 0 Å². The van der Waals surface area contributed by atoms with Crippen molar-refractivity contribution in [3.8, 4) is 0 Å². The maximum atomic E-state index is 11.9. The minimum atomic E-state index is -0.0161. The molecule has 0 aliphatic carbocycles. The van der Waals surface area contributed by atoms with E-state index in [9.17, 15) is 4.79 Å². The summed E-state index contributed by atoms with van der Waals surface area (Å²) in [5.74, 6) is -0.0161. The van der Waals surface area contributed by atoms with Crippen LogP contribution in [0.2, 0.25) is 0 Å². The molecule has 0 saturated heterocycles. The van der Waals surface area contributed by atoms with Crippen molar-refractivity contribution in [2.75, 3.05) is 5.32 Å². The van der Waals surface area contributed by atoms with Crippen LogP contribution in [0.3, 0.4) is 0 Å². The second kappa shape index (κ2) is 5.46. The molecule has 2 aromatic rings. The van der Waals surface area contributed by atoms with Crippen molar-refractivity contribution in [2.24, 2.45) is 0 Å². The first-order valence-electron chi connectivity index (χ1n) is 5.60. The normalized spacial score (nSPS) is 10.3. The van der Waals surface area contributed by atoms with Crippen molar-refractivity contribution < 1.29 is 4.79 Å². The van der Waals surface area contributed by atoms with Gasteiger partial charge in [-0.3, -0.25) is 4.79 Å². The predicted molar refractivity (Wildman–Crippen MR) is 77.8 cm³/mol. The van der Waals surface area contributed by atoms with Gasteiger partial charge in [-0.05, 0) is 37.7 Å². The van der Waals surface area contributed by atoms with Gasteiger partial charge in [0.05, 0.1) is 6.42 Å². The highest BCUT2D eigenvalue weighted by Gasteiger charge is 2.09. The fraction of sp³-hybridized carbons (Fsp3) is 0.231. The Balaban J connectivity index is 2.08. The number of para-hydroxylation sites is 1. The van der Waals surface area contributed by atoms with Crippen molar-refractivity contribution >= 4 is 35.1 Å². The molecule has 0 radical (unpaired) electrons. The number of amides is 1. The van der Waals surface area contributed by atoms with E-state index in [1.807, 2.05) is 38.1 Å². The zero-order valence-electron chi connectivity index (χ0n) is 10.2. The minimum Gasteiger partial charge on any atom is -0.341 e. The summed E-state index contributed by atoms with van der Waals surface area (Å²) in [4.78, 5) is 16.0. The molecule has 18 heavy (non-hydrogen) atoms. The summed E-state index contributed by atoms with van der Waals surface area (Å²) in [5.41, 5.74) is 2.90. The Bertz CT molecular complexity index is 628. The fourth-order valence-electron chi connectivity index (χ4n) is 1.66. The smallest absolute Gasteiger partial charge is 0.229 e. The third-order valence-corrected chi connectivity index (χ3v) is 4.00. The number of hydrogen-bond donors (Lipinski definition) is 2. The van der Waals surface area contributed by atoms with Crippen LogP contribution in [0.4, 0.5) is 5.69 Å². The molecule has 0 unspecified atom stereocenters. The summed E-state index contributed by atoms with van der Waals surface area (Å²) in [6.45, 7) is 3.91. The van der Waals surface area contributed by atoms with E-state index < -0.39 is 0 Å². The number of carbonyl (C=O) groups excluding carboxylic acids is 1. The van der Waals surface area contributed by atoms with Crippen LogP contribution in [0.1, 0.15) is 16.1 Å². The molecule has 2 N–H and O–H groups in total. The molecule has 0 aliphatic heterocycles. The van der Waals surface area contributed by atoms with E-state index in [1.165, 1.54) is 11.3 Å². The number of aromatic nitrogens is 1. The van der Waals surface area contributed by atoms with Crippen LogP contribution in [0.25, 0.3) is 0 Å². The average Bonchev–Trinajstić information content (AvgIpc) is 2.61. The third kappa shape index (κ3) is 3.05. The van der Waals surface area contributed by atoms with Crippen LogP contribution < -0.4 is 5.32 Å². The zero-order valence-corrected chi connectivity index (χ0v) is 11.9. The molecule has 0 bridgehead atoms. The van der Waals surface area contributed by atoms with Gasteiger partial charge in [0.1, 0.15) is 0 Å². The quantitative estimate of drug-likeness (QED) is 0.843. The molecule has 1 amide bonds. The van der Waals surface area contributed by atoms with E-state index in [0.29, 0.717) is 10.4 Å². The number of benzene rings is 1. The van der Waals surface area contributed by atoms with Gasteiger partial charge >= 0.3 is 0 Å². The van der Waals surface area contributed by atoms with Gasteiger partial charge in [0.25, 0.3) is 0 Å². The summed E-state index contributed by atoms with van der Waals surface area (Å²) < 4.78 is 0.714. The SMILES string of the molecule is Cc1ccccc1NC(=O)Cc1sc(=S)[nH]c1C. The van der Waals surface area contributed by atoms with Gasteiger partial charge in [0.15, 0.2) is 3.95 Å². The van der Waals surface area contributed by atoms with Gasteiger partial charge in [-0.25, -0.2) is 0 Å². The Morgan fingerprint density at radius 3 is 2.72 bits per heavy atom. The van der Waals surface area contributed by atoms with Crippen LogP contribution in [0.15, 0.2) is 24.3 Å². The molecule has 3 nitrogen and oxygen atoms in total. The fourth-order valence-corrected chi connectivity index (χ4v) is 2.95. The van der Waals surface area contributed by atoms with Gasteiger partial charge < -0.3 is 10.3 Å². The summed E-state index contributed by atoms with van der Waals surface area (Å²) in [6.07, 6.45) is 0.359. The average molecular weight is 278 g/mol. The molecule has 0 spiro atoms. The number of thiazole rings is 1. The molecular weight excluding hydrogens is 264 g/mol. The maximum absolute atomic E-state index is 11.9. The standard InChI is InChI=1S/C13H14N2OS2/c1-8-5-3-4-6-10(8)15-12(16)7-11-9(2)14-13(17)18-11/h3-6H,7H2,1-2H3,(H,14,17)(H,15,16). The highest BCUT2D eigenvalue weighted by atomic mass is 32.1. The number of nitrogens with one attached hydrogen (secondary N) is 2. The van der Waals surface area contributed by atoms with Crippen molar-refractivity contribution in [1.82, 2.24) is 4.98 Å². The van der Waals surface area contributed by atoms with Gasteiger partial charge in [-0.2, -0.15) is 0 Å². The Hall–Kier alpha value is -1.46. The molecule has 1 aromatic heterocycles. The lowest BCUT2D eigenvalue weighted by Crippen LogP contribution is -2.14. The monoisotopic (exact) mass is 278 g/mol. The van der Waals surface area contributed by atoms with Crippen LogP contribution in [0, 0.1) is 17.8 Å². The lowest BCUT2D eigenvalue weighted by Gasteiger charge is -2.07. The van der Waals surface area contributed by atoms with Gasteiger partial charge in [-0.1, -0.05) is 18.2 Å². The van der Waals surface area contributed by atoms with Crippen molar-refractivity contribution in [1.29, 1.82) is 0 Å². The first-order chi connectivity index (χ1) is 8.56. The van der Waals surface area contributed by atoms with E-state index in [2.05, 4.69) is 10.3 Å². The van der Waals surface area contributed by atoms with Gasteiger partial charge in [-0.15, -0.1) is 11.3 Å². The lowest BCUT2D eigenvalue weighted by atomic mass is 10.2. The van der Waals surface area contributed by atoms with Crippen LogP contribution in [-0.4, -0.2) is 10.9 Å². The van der Waals surface area contributed by atoms with Crippen LogP contribution >= 0.6 is 23.6 Å². The molecule has 0 fully saturated rings. The van der Waals surface area contributed by atoms with Gasteiger partial charge in [0.2, 0.25) is 5.91 Å². The van der Waals surface area contributed by atoms with Crippen LogP contribution in [-0.2, 0) is 11.2 Å². The number of H-pyrrole nitrogens is 1. The zero-order chi connectivity index (χ0) is 13.1. The molecule has 1 aromatic carbocycles. The molecule has 2 rings (SSSR count). The summed E-state index contributed by atoms with van der Waals surface area (Å²) in [7, 11) is 0. The summed E-state index contributed by atoms with van der Waals surface area (Å²) in [6, 6.07) is 7.74. The largest absolute Gasteiger partial charge is 0.341 e. The first-order valence-corrected chi connectivity index (χ1v) is 6.83. The second-order valence-corrected chi connectivity index (χ2v) is 5.87. The summed E-state index contributed by atoms with van der Waals surface area (Å²) in [5, 5.41) is 2.91. The molecule has 94 valence electrons. The molecule has 5 heteroatoms.